The van der Waals surface area contributed by atoms with Gasteiger partial charge in [0.2, 0.25) is 0 Å². The molecule has 2 aliphatic heterocycles. The van der Waals surface area contributed by atoms with Crippen molar-refractivity contribution in [2.75, 3.05) is 16.4 Å². The van der Waals surface area contributed by atoms with Gasteiger partial charge < -0.3 is 4.90 Å². The number of carbonyl (C=O) groups excluding carboxylic acids is 1. The number of amides is 1. The van der Waals surface area contributed by atoms with E-state index in [1.54, 1.807) is 24.0 Å². The highest BCUT2D eigenvalue weighted by atomic mass is 32.2. The van der Waals surface area contributed by atoms with Crippen LogP contribution in [0.4, 0.5) is 10.1 Å². The van der Waals surface area contributed by atoms with Gasteiger partial charge in [0.25, 0.3) is 5.91 Å². The van der Waals surface area contributed by atoms with Crippen molar-refractivity contribution >= 4 is 38.4 Å². The summed E-state index contributed by atoms with van der Waals surface area (Å²) in [7, 11) is -3.17. The van der Waals surface area contributed by atoms with Gasteiger partial charge in [-0.05, 0) is 37.1 Å². The number of benzene rings is 2. The number of fused-ring (bicyclic) bond motifs is 1. The van der Waals surface area contributed by atoms with Crippen molar-refractivity contribution in [1.82, 2.24) is 0 Å². The van der Waals surface area contributed by atoms with Gasteiger partial charge >= 0.3 is 0 Å². The lowest BCUT2D eigenvalue weighted by Crippen LogP contribution is -2.37. The summed E-state index contributed by atoms with van der Waals surface area (Å²) in [5.74, 6) is -0.662. The Balaban J connectivity index is 1.66. The van der Waals surface area contributed by atoms with E-state index in [0.29, 0.717) is 16.4 Å². The number of thioether (sulfide) groups is 1. The van der Waals surface area contributed by atoms with Crippen LogP contribution in [0.2, 0.25) is 0 Å². The first-order chi connectivity index (χ1) is 13.7. The van der Waals surface area contributed by atoms with E-state index in [2.05, 4.69) is 4.99 Å². The van der Waals surface area contributed by atoms with Gasteiger partial charge in [0, 0.05) is 10.9 Å². The van der Waals surface area contributed by atoms with Crippen LogP contribution in [-0.4, -0.2) is 42.3 Å². The Morgan fingerprint density at radius 1 is 1.21 bits per heavy atom. The molecule has 0 radical (unpaired) electrons. The van der Waals surface area contributed by atoms with Crippen LogP contribution >= 0.6 is 11.8 Å². The molecule has 0 aliphatic carbocycles. The third kappa shape index (κ3) is 4.23. The van der Waals surface area contributed by atoms with Gasteiger partial charge in [0.05, 0.1) is 24.0 Å². The van der Waals surface area contributed by atoms with Crippen LogP contribution in [0.3, 0.4) is 0 Å². The molecule has 0 bridgehead atoms. The predicted molar refractivity (Wildman–Crippen MR) is 115 cm³/mol. The molecule has 1 amide bonds. The van der Waals surface area contributed by atoms with Crippen molar-refractivity contribution in [2.45, 2.75) is 31.6 Å². The molecule has 2 heterocycles. The first-order valence-electron chi connectivity index (χ1n) is 9.31. The molecule has 0 saturated carbocycles. The lowest BCUT2D eigenvalue weighted by molar-refractivity contribution is -0.117. The molecular formula is C21H21FN2O3S2. The topological polar surface area (TPSA) is 66.8 Å². The number of hydrogen-bond acceptors (Lipinski definition) is 4. The number of hydrogen-bond donors (Lipinski definition) is 0. The van der Waals surface area contributed by atoms with E-state index in [9.17, 15) is 17.6 Å². The summed E-state index contributed by atoms with van der Waals surface area (Å²) in [5, 5.41) is 0.227. The van der Waals surface area contributed by atoms with Gasteiger partial charge in [0.15, 0.2) is 15.0 Å². The van der Waals surface area contributed by atoms with Gasteiger partial charge in [-0.2, -0.15) is 4.99 Å². The van der Waals surface area contributed by atoms with Gasteiger partial charge in [-0.3, -0.25) is 4.79 Å². The summed E-state index contributed by atoms with van der Waals surface area (Å²) >= 11 is 1.29. The highest BCUT2D eigenvalue weighted by Gasteiger charge is 2.49. The second kappa shape index (κ2) is 7.57. The molecule has 2 saturated heterocycles. The molecule has 2 fully saturated rings. The monoisotopic (exact) mass is 432 g/mol. The predicted octanol–water partition coefficient (Wildman–Crippen LogP) is 3.29. The van der Waals surface area contributed by atoms with E-state index in [-0.39, 0.29) is 40.9 Å². The third-order valence-corrected chi connectivity index (χ3v) is 8.37. The molecule has 2 atom stereocenters. The van der Waals surface area contributed by atoms with E-state index < -0.39 is 9.84 Å². The molecule has 8 heteroatoms. The number of amidine groups is 1. The summed E-state index contributed by atoms with van der Waals surface area (Å²) in [6.45, 7) is 3.63. The van der Waals surface area contributed by atoms with Crippen molar-refractivity contribution in [3.05, 3.63) is 65.0 Å². The summed E-state index contributed by atoms with van der Waals surface area (Å²) in [5.41, 5.74) is 2.96. The van der Waals surface area contributed by atoms with Crippen LogP contribution in [-0.2, 0) is 21.1 Å². The molecule has 2 aliphatic rings. The maximum Gasteiger partial charge on any atom is 0.252 e. The number of nitrogens with zero attached hydrogens (tertiary/aromatic N) is 2. The number of rotatable bonds is 3. The zero-order valence-electron chi connectivity index (χ0n) is 16.1. The van der Waals surface area contributed by atoms with Crippen LogP contribution in [0.5, 0.6) is 0 Å². The fourth-order valence-electron chi connectivity index (χ4n) is 3.74. The maximum absolute atomic E-state index is 14.2. The Morgan fingerprint density at radius 2 is 2.00 bits per heavy atom. The molecule has 152 valence electrons. The molecule has 0 N–H and O–H groups in total. The molecule has 0 spiro atoms. The van der Waals surface area contributed by atoms with E-state index in [0.717, 1.165) is 11.1 Å². The van der Waals surface area contributed by atoms with E-state index >= 15 is 0 Å². The standard InChI is InChI=1S/C21H21FN2O3S2/c1-13-4-3-5-15(8-13)9-20(25)23-21-24(16-7-6-14(2)17(22)10-16)18-11-29(26,27)12-19(18)28-21/h3-8,10,18-19H,9,11-12H2,1-2H3/t18-,19+/m1/s1. The van der Waals surface area contributed by atoms with Crippen molar-refractivity contribution in [3.63, 3.8) is 0 Å². The van der Waals surface area contributed by atoms with Gasteiger partial charge in [0.1, 0.15) is 5.82 Å². The Labute approximate surface area is 173 Å². The Bertz CT molecular complexity index is 1110. The number of halogens is 1. The summed E-state index contributed by atoms with van der Waals surface area (Å²) in [6, 6.07) is 12.1. The molecule has 0 aromatic heterocycles. The Morgan fingerprint density at radius 3 is 2.72 bits per heavy atom. The molecule has 4 rings (SSSR count). The van der Waals surface area contributed by atoms with E-state index in [4.69, 9.17) is 0 Å². The Hall–Kier alpha value is -2.19. The molecule has 29 heavy (non-hydrogen) atoms. The highest BCUT2D eigenvalue weighted by molar-refractivity contribution is 8.16. The SMILES string of the molecule is Cc1cccc(CC(=O)N=C2S[C@H]3CS(=O)(=O)C[C@H]3N2c2ccc(C)c(F)c2)c1. The molecule has 5 nitrogen and oxygen atoms in total. The molecule has 2 aromatic carbocycles. The first kappa shape index (κ1) is 20.1. The van der Waals surface area contributed by atoms with E-state index in [1.807, 2.05) is 31.2 Å². The van der Waals surface area contributed by atoms with Crippen LogP contribution < -0.4 is 4.90 Å². The average molecular weight is 433 g/mol. The zero-order chi connectivity index (χ0) is 20.8. The van der Waals surface area contributed by atoms with Crippen LogP contribution in [0.25, 0.3) is 0 Å². The fraction of sp³-hybridized carbons (Fsp3) is 0.333. The van der Waals surface area contributed by atoms with Gasteiger partial charge in [-0.1, -0.05) is 47.7 Å². The quantitative estimate of drug-likeness (QED) is 0.745. The normalized spacial score (nSPS) is 24.1. The summed E-state index contributed by atoms with van der Waals surface area (Å²) in [4.78, 5) is 18.6. The number of sulfone groups is 1. The minimum Gasteiger partial charge on any atom is -0.315 e. The maximum atomic E-state index is 14.2. The Kier molecular flexibility index (Phi) is 5.25. The number of aliphatic imine (C=N–C) groups is 1. The summed E-state index contributed by atoms with van der Waals surface area (Å²) < 4.78 is 38.4. The van der Waals surface area contributed by atoms with Crippen molar-refractivity contribution in [3.8, 4) is 0 Å². The molecule has 2 aromatic rings. The minimum absolute atomic E-state index is 0.0226. The second-order valence-electron chi connectivity index (χ2n) is 7.56. The van der Waals surface area contributed by atoms with Gasteiger partial charge in [-0.25, -0.2) is 12.8 Å². The third-order valence-electron chi connectivity index (χ3n) is 5.16. The first-order valence-corrected chi connectivity index (χ1v) is 12.0. The average Bonchev–Trinajstić information content (AvgIpc) is 3.08. The second-order valence-corrected chi connectivity index (χ2v) is 10.9. The van der Waals surface area contributed by atoms with Crippen molar-refractivity contribution < 1.29 is 17.6 Å². The summed E-state index contributed by atoms with van der Waals surface area (Å²) in [6.07, 6.45) is 0.162. The number of carbonyl (C=O) groups is 1. The van der Waals surface area contributed by atoms with Crippen LogP contribution in [0.15, 0.2) is 47.5 Å². The molecular weight excluding hydrogens is 411 g/mol. The molecule has 0 unspecified atom stereocenters. The minimum atomic E-state index is -3.17. The lowest BCUT2D eigenvalue weighted by atomic mass is 10.1. The largest absolute Gasteiger partial charge is 0.315 e. The van der Waals surface area contributed by atoms with Gasteiger partial charge in [-0.15, -0.1) is 0 Å². The number of aryl methyl sites for hydroxylation is 2. The lowest BCUT2D eigenvalue weighted by Gasteiger charge is -2.24. The van der Waals surface area contributed by atoms with Crippen molar-refractivity contribution in [2.24, 2.45) is 4.99 Å². The number of anilines is 1. The zero-order valence-corrected chi connectivity index (χ0v) is 17.8. The van der Waals surface area contributed by atoms with E-state index in [1.165, 1.54) is 17.8 Å². The fourth-order valence-corrected chi connectivity index (χ4v) is 7.67. The van der Waals surface area contributed by atoms with Crippen LogP contribution in [0, 0.1) is 19.7 Å². The van der Waals surface area contributed by atoms with Crippen LogP contribution in [0.1, 0.15) is 16.7 Å². The highest BCUT2D eigenvalue weighted by Crippen LogP contribution is 2.41. The van der Waals surface area contributed by atoms with Crippen molar-refractivity contribution in [1.29, 1.82) is 0 Å². The smallest absolute Gasteiger partial charge is 0.252 e.